The Morgan fingerprint density at radius 1 is 1.56 bits per heavy atom. The molecule has 86 valence electrons. The lowest BCUT2D eigenvalue weighted by molar-refractivity contribution is -0.137. The SMILES string of the molecule is COc1ccc2c(c1)CNC(CC(=O)O)C2. The molecule has 1 atom stereocenters. The van der Waals surface area contributed by atoms with Gasteiger partial charge in [0.25, 0.3) is 0 Å². The summed E-state index contributed by atoms with van der Waals surface area (Å²) in [4.78, 5) is 10.6. The highest BCUT2D eigenvalue weighted by Crippen LogP contribution is 2.22. The monoisotopic (exact) mass is 221 g/mol. The minimum absolute atomic E-state index is 0.0402. The summed E-state index contributed by atoms with van der Waals surface area (Å²) >= 11 is 0. The fourth-order valence-electron chi connectivity index (χ4n) is 2.04. The molecule has 16 heavy (non-hydrogen) atoms. The van der Waals surface area contributed by atoms with Gasteiger partial charge in [0.15, 0.2) is 0 Å². The molecule has 0 fully saturated rings. The van der Waals surface area contributed by atoms with Crippen LogP contribution in [0.4, 0.5) is 0 Å². The number of benzene rings is 1. The molecule has 0 amide bonds. The van der Waals surface area contributed by atoms with Crippen LogP contribution >= 0.6 is 0 Å². The summed E-state index contributed by atoms with van der Waals surface area (Å²) in [6.45, 7) is 0.713. The molecule has 0 aromatic heterocycles. The molecule has 4 nitrogen and oxygen atoms in total. The molecule has 0 saturated carbocycles. The van der Waals surface area contributed by atoms with Gasteiger partial charge >= 0.3 is 5.97 Å². The number of methoxy groups -OCH3 is 1. The van der Waals surface area contributed by atoms with E-state index in [1.54, 1.807) is 7.11 Å². The summed E-state index contributed by atoms with van der Waals surface area (Å²) in [6, 6.07) is 5.98. The van der Waals surface area contributed by atoms with Crippen LogP contribution in [-0.2, 0) is 17.8 Å². The average Bonchev–Trinajstić information content (AvgIpc) is 2.27. The molecule has 0 radical (unpaired) electrons. The normalized spacial score (nSPS) is 18.9. The maximum absolute atomic E-state index is 10.6. The van der Waals surface area contributed by atoms with Crippen LogP contribution in [0, 0.1) is 0 Å². The molecule has 1 unspecified atom stereocenters. The lowest BCUT2D eigenvalue weighted by Gasteiger charge is -2.25. The lowest BCUT2D eigenvalue weighted by atomic mass is 9.94. The summed E-state index contributed by atoms with van der Waals surface area (Å²) in [5.41, 5.74) is 2.41. The van der Waals surface area contributed by atoms with E-state index in [0.717, 1.165) is 12.2 Å². The third-order valence-corrected chi connectivity index (χ3v) is 2.88. The van der Waals surface area contributed by atoms with Gasteiger partial charge in [-0.3, -0.25) is 4.79 Å². The van der Waals surface area contributed by atoms with Crippen molar-refractivity contribution in [2.45, 2.75) is 25.4 Å². The molecule has 1 aromatic rings. The van der Waals surface area contributed by atoms with Crippen LogP contribution in [0.15, 0.2) is 18.2 Å². The minimum atomic E-state index is -0.755. The van der Waals surface area contributed by atoms with E-state index in [-0.39, 0.29) is 12.5 Å². The molecule has 2 N–H and O–H groups in total. The summed E-state index contributed by atoms with van der Waals surface area (Å²) in [6.07, 6.45) is 0.942. The smallest absolute Gasteiger partial charge is 0.304 e. The van der Waals surface area contributed by atoms with E-state index in [1.165, 1.54) is 11.1 Å². The van der Waals surface area contributed by atoms with E-state index in [4.69, 9.17) is 9.84 Å². The number of aliphatic carboxylic acids is 1. The largest absolute Gasteiger partial charge is 0.497 e. The van der Waals surface area contributed by atoms with E-state index >= 15 is 0 Å². The first-order chi connectivity index (χ1) is 7.69. The zero-order chi connectivity index (χ0) is 11.5. The molecule has 0 aliphatic carbocycles. The third kappa shape index (κ3) is 2.33. The number of carboxylic acid groups (broad SMARTS) is 1. The first-order valence-corrected chi connectivity index (χ1v) is 5.30. The van der Waals surface area contributed by atoms with Gasteiger partial charge in [-0.15, -0.1) is 0 Å². The predicted octanol–water partition coefficient (Wildman–Crippen LogP) is 1.18. The third-order valence-electron chi connectivity index (χ3n) is 2.88. The first kappa shape index (κ1) is 11.0. The summed E-state index contributed by atoms with van der Waals surface area (Å²) in [7, 11) is 1.64. The molecule has 0 bridgehead atoms. The number of hydrogen-bond donors (Lipinski definition) is 2. The summed E-state index contributed by atoms with van der Waals surface area (Å²) < 4.78 is 5.15. The van der Waals surface area contributed by atoms with Gasteiger partial charge in [0, 0.05) is 12.6 Å². The zero-order valence-electron chi connectivity index (χ0n) is 9.19. The number of ether oxygens (including phenoxy) is 1. The Hall–Kier alpha value is -1.55. The van der Waals surface area contributed by atoms with Crippen LogP contribution in [0.25, 0.3) is 0 Å². The van der Waals surface area contributed by atoms with Crippen molar-refractivity contribution in [1.29, 1.82) is 0 Å². The van der Waals surface area contributed by atoms with Crippen LogP contribution in [0.5, 0.6) is 5.75 Å². The Morgan fingerprint density at radius 2 is 2.38 bits per heavy atom. The van der Waals surface area contributed by atoms with E-state index in [0.29, 0.717) is 6.54 Å². The van der Waals surface area contributed by atoms with E-state index in [1.807, 2.05) is 18.2 Å². The average molecular weight is 221 g/mol. The molecular formula is C12H15NO3. The van der Waals surface area contributed by atoms with Crippen molar-refractivity contribution in [1.82, 2.24) is 5.32 Å². The van der Waals surface area contributed by atoms with Crippen molar-refractivity contribution in [3.8, 4) is 5.75 Å². The molecule has 4 heteroatoms. The Kier molecular flexibility index (Phi) is 3.10. The van der Waals surface area contributed by atoms with Crippen LogP contribution in [0.2, 0.25) is 0 Å². The van der Waals surface area contributed by atoms with Gasteiger partial charge in [-0.05, 0) is 29.7 Å². The van der Waals surface area contributed by atoms with Crippen LogP contribution in [-0.4, -0.2) is 24.2 Å². The highest BCUT2D eigenvalue weighted by molar-refractivity contribution is 5.67. The minimum Gasteiger partial charge on any atom is -0.497 e. The van der Waals surface area contributed by atoms with Gasteiger partial charge in [-0.2, -0.15) is 0 Å². The number of carbonyl (C=O) groups is 1. The Labute approximate surface area is 94.2 Å². The fraction of sp³-hybridized carbons (Fsp3) is 0.417. The second-order valence-corrected chi connectivity index (χ2v) is 4.01. The first-order valence-electron chi connectivity index (χ1n) is 5.30. The van der Waals surface area contributed by atoms with Crippen molar-refractivity contribution in [2.24, 2.45) is 0 Å². The Bertz CT molecular complexity index is 403. The molecular weight excluding hydrogens is 206 g/mol. The maximum atomic E-state index is 10.6. The Morgan fingerprint density at radius 3 is 3.06 bits per heavy atom. The van der Waals surface area contributed by atoms with Gasteiger partial charge in [0.1, 0.15) is 5.75 Å². The molecule has 1 aromatic carbocycles. The second-order valence-electron chi connectivity index (χ2n) is 4.01. The quantitative estimate of drug-likeness (QED) is 0.804. The number of rotatable bonds is 3. The Balaban J connectivity index is 2.12. The predicted molar refractivity (Wildman–Crippen MR) is 59.6 cm³/mol. The number of fused-ring (bicyclic) bond motifs is 1. The van der Waals surface area contributed by atoms with Crippen LogP contribution in [0.3, 0.4) is 0 Å². The lowest BCUT2D eigenvalue weighted by Crippen LogP contribution is -2.37. The summed E-state index contributed by atoms with van der Waals surface area (Å²) in [5, 5.41) is 12.0. The van der Waals surface area contributed by atoms with E-state index < -0.39 is 5.97 Å². The molecule has 1 heterocycles. The number of carboxylic acids is 1. The van der Waals surface area contributed by atoms with Crippen molar-refractivity contribution in [3.05, 3.63) is 29.3 Å². The zero-order valence-corrected chi connectivity index (χ0v) is 9.19. The van der Waals surface area contributed by atoms with Crippen molar-refractivity contribution in [3.63, 3.8) is 0 Å². The maximum Gasteiger partial charge on any atom is 0.304 e. The van der Waals surface area contributed by atoms with Gasteiger partial charge in [-0.1, -0.05) is 6.07 Å². The fourth-order valence-corrected chi connectivity index (χ4v) is 2.04. The molecule has 2 rings (SSSR count). The number of nitrogens with one attached hydrogen (secondary N) is 1. The van der Waals surface area contributed by atoms with Gasteiger partial charge < -0.3 is 15.2 Å². The molecule has 0 spiro atoms. The van der Waals surface area contributed by atoms with Crippen LogP contribution < -0.4 is 10.1 Å². The van der Waals surface area contributed by atoms with Gasteiger partial charge in [-0.25, -0.2) is 0 Å². The van der Waals surface area contributed by atoms with Crippen molar-refractivity contribution in [2.75, 3.05) is 7.11 Å². The topological polar surface area (TPSA) is 58.6 Å². The van der Waals surface area contributed by atoms with Crippen molar-refractivity contribution < 1.29 is 14.6 Å². The van der Waals surface area contributed by atoms with Crippen molar-refractivity contribution >= 4 is 5.97 Å². The van der Waals surface area contributed by atoms with Crippen LogP contribution in [0.1, 0.15) is 17.5 Å². The highest BCUT2D eigenvalue weighted by Gasteiger charge is 2.20. The molecule has 1 aliphatic heterocycles. The number of hydrogen-bond acceptors (Lipinski definition) is 3. The van der Waals surface area contributed by atoms with E-state index in [2.05, 4.69) is 5.32 Å². The molecule has 1 aliphatic rings. The molecule has 0 saturated heterocycles. The standard InChI is InChI=1S/C12H15NO3/c1-16-11-3-2-8-4-10(6-12(14)15)13-7-9(8)5-11/h2-3,5,10,13H,4,6-7H2,1H3,(H,14,15). The van der Waals surface area contributed by atoms with Gasteiger partial charge in [0.05, 0.1) is 13.5 Å². The highest BCUT2D eigenvalue weighted by atomic mass is 16.5. The van der Waals surface area contributed by atoms with Gasteiger partial charge in [0.2, 0.25) is 0 Å². The van der Waals surface area contributed by atoms with E-state index in [9.17, 15) is 4.79 Å². The second kappa shape index (κ2) is 4.53. The summed E-state index contributed by atoms with van der Waals surface area (Å²) in [5.74, 6) is 0.0895.